The first-order chi connectivity index (χ1) is 8.66. The van der Waals surface area contributed by atoms with Gasteiger partial charge in [-0.2, -0.15) is 11.3 Å². The van der Waals surface area contributed by atoms with E-state index in [2.05, 4.69) is 16.8 Å². The number of hydrogen-bond acceptors (Lipinski definition) is 3. The molecule has 0 atom stereocenters. The van der Waals surface area contributed by atoms with Gasteiger partial charge in [0, 0.05) is 17.8 Å². The van der Waals surface area contributed by atoms with Crippen LogP contribution in [0.15, 0.2) is 35.0 Å². The molecule has 3 N–H and O–H groups in total. The monoisotopic (exact) mass is 280 g/mol. The van der Waals surface area contributed by atoms with Crippen LogP contribution in [0.3, 0.4) is 0 Å². The smallest absolute Gasteiger partial charge is 0.124 e. The number of hydrogen-bond donors (Lipinski definition) is 2. The Morgan fingerprint density at radius 3 is 2.89 bits per heavy atom. The van der Waals surface area contributed by atoms with Gasteiger partial charge >= 0.3 is 0 Å². The molecule has 0 aliphatic rings. The highest BCUT2D eigenvalue weighted by molar-refractivity contribution is 7.80. The third kappa shape index (κ3) is 3.27. The molecule has 1 aromatic carbocycles. The summed E-state index contributed by atoms with van der Waals surface area (Å²) in [5.41, 5.74) is 8.19. The molecule has 94 valence electrons. The van der Waals surface area contributed by atoms with Crippen LogP contribution in [-0.4, -0.2) is 11.5 Å². The van der Waals surface area contributed by atoms with E-state index in [4.69, 9.17) is 18.0 Å². The van der Waals surface area contributed by atoms with Gasteiger partial charge in [-0.1, -0.05) is 12.2 Å². The second-order valence-electron chi connectivity index (χ2n) is 3.86. The topological polar surface area (TPSA) is 38.0 Å². The lowest BCUT2D eigenvalue weighted by Gasteiger charge is -2.10. The van der Waals surface area contributed by atoms with Crippen molar-refractivity contribution in [2.24, 2.45) is 5.73 Å². The Labute approximate surface area is 115 Å². The molecule has 1 aromatic heterocycles. The molecule has 2 aromatic rings. The van der Waals surface area contributed by atoms with Gasteiger partial charge in [0.1, 0.15) is 10.8 Å². The zero-order chi connectivity index (χ0) is 13.0. The van der Waals surface area contributed by atoms with E-state index in [9.17, 15) is 4.39 Å². The Hall–Kier alpha value is -1.46. The molecule has 0 radical (unpaired) electrons. The highest BCUT2D eigenvalue weighted by Gasteiger charge is 2.06. The number of benzene rings is 1. The van der Waals surface area contributed by atoms with E-state index in [1.807, 2.05) is 5.38 Å². The first-order valence-corrected chi connectivity index (χ1v) is 6.86. The summed E-state index contributed by atoms with van der Waals surface area (Å²) in [5, 5.41) is 7.39. The van der Waals surface area contributed by atoms with Crippen molar-refractivity contribution < 1.29 is 4.39 Å². The normalized spacial score (nSPS) is 10.3. The number of thiophene rings is 1. The molecule has 0 aliphatic carbocycles. The van der Waals surface area contributed by atoms with Crippen LogP contribution in [0, 0.1) is 5.82 Å². The number of anilines is 1. The molecule has 0 saturated heterocycles. The van der Waals surface area contributed by atoms with Gasteiger partial charge in [0.25, 0.3) is 0 Å². The number of nitrogens with two attached hydrogens (primary N) is 1. The van der Waals surface area contributed by atoms with Crippen molar-refractivity contribution in [2.45, 2.75) is 6.42 Å². The van der Waals surface area contributed by atoms with Crippen molar-refractivity contribution in [1.82, 2.24) is 0 Å². The molecular formula is C13H13FN2S2. The lowest BCUT2D eigenvalue weighted by Crippen LogP contribution is -2.14. The molecule has 2 rings (SSSR count). The van der Waals surface area contributed by atoms with Crippen LogP contribution < -0.4 is 11.1 Å². The molecule has 1 heterocycles. The summed E-state index contributed by atoms with van der Waals surface area (Å²) in [6.45, 7) is 0.762. The lowest BCUT2D eigenvalue weighted by atomic mass is 10.1. The van der Waals surface area contributed by atoms with E-state index in [1.165, 1.54) is 17.7 Å². The zero-order valence-electron chi connectivity index (χ0n) is 9.65. The fraction of sp³-hybridized carbons (Fsp3) is 0.154. The standard InChI is InChI=1S/C13H13FN2S2/c14-10-1-2-12(11(7-10)13(15)17)16-5-3-9-4-6-18-8-9/h1-2,4,6-8,16H,3,5H2,(H2,15,17). The highest BCUT2D eigenvalue weighted by atomic mass is 32.1. The van der Waals surface area contributed by atoms with Crippen LogP contribution in [0.5, 0.6) is 0 Å². The average Bonchev–Trinajstić information content (AvgIpc) is 2.84. The Morgan fingerprint density at radius 2 is 2.22 bits per heavy atom. The van der Waals surface area contributed by atoms with Gasteiger partial charge in [0.2, 0.25) is 0 Å². The van der Waals surface area contributed by atoms with Crippen LogP contribution in [-0.2, 0) is 6.42 Å². The van der Waals surface area contributed by atoms with Gasteiger partial charge in [0.05, 0.1) is 0 Å². The second kappa shape index (κ2) is 5.93. The summed E-state index contributed by atoms with van der Waals surface area (Å²) in [6, 6.07) is 6.51. The maximum absolute atomic E-state index is 13.1. The third-order valence-corrected chi connectivity index (χ3v) is 3.51. The molecule has 0 bridgehead atoms. The van der Waals surface area contributed by atoms with Crippen molar-refractivity contribution in [3.8, 4) is 0 Å². The van der Waals surface area contributed by atoms with Crippen LogP contribution >= 0.6 is 23.6 Å². The van der Waals surface area contributed by atoms with Gasteiger partial charge in [-0.05, 0) is 47.0 Å². The van der Waals surface area contributed by atoms with E-state index in [0.29, 0.717) is 5.56 Å². The van der Waals surface area contributed by atoms with Crippen molar-refractivity contribution >= 4 is 34.2 Å². The number of halogens is 1. The quantitative estimate of drug-likeness (QED) is 0.826. The molecule has 2 nitrogen and oxygen atoms in total. The van der Waals surface area contributed by atoms with E-state index in [0.717, 1.165) is 18.7 Å². The van der Waals surface area contributed by atoms with Crippen LogP contribution in [0.1, 0.15) is 11.1 Å². The SMILES string of the molecule is NC(=S)c1cc(F)ccc1NCCc1ccsc1. The summed E-state index contributed by atoms with van der Waals surface area (Å²) in [6.07, 6.45) is 0.914. The maximum Gasteiger partial charge on any atom is 0.124 e. The Morgan fingerprint density at radius 1 is 1.39 bits per heavy atom. The minimum atomic E-state index is -0.332. The van der Waals surface area contributed by atoms with E-state index >= 15 is 0 Å². The molecule has 0 amide bonds. The minimum absolute atomic E-state index is 0.201. The van der Waals surface area contributed by atoms with Crippen molar-refractivity contribution in [1.29, 1.82) is 0 Å². The summed E-state index contributed by atoms with van der Waals surface area (Å²) in [5.74, 6) is -0.332. The average molecular weight is 280 g/mol. The van der Waals surface area contributed by atoms with E-state index in [1.54, 1.807) is 17.4 Å². The Balaban J connectivity index is 2.02. The number of nitrogens with one attached hydrogen (secondary N) is 1. The maximum atomic E-state index is 13.1. The van der Waals surface area contributed by atoms with Crippen molar-refractivity contribution in [3.05, 3.63) is 52.0 Å². The summed E-state index contributed by atoms with van der Waals surface area (Å²) in [4.78, 5) is 0.201. The zero-order valence-corrected chi connectivity index (χ0v) is 11.3. The van der Waals surface area contributed by atoms with Gasteiger partial charge in [0.15, 0.2) is 0 Å². The van der Waals surface area contributed by atoms with Gasteiger partial charge < -0.3 is 11.1 Å². The largest absolute Gasteiger partial charge is 0.389 e. The fourth-order valence-electron chi connectivity index (χ4n) is 1.65. The van der Waals surface area contributed by atoms with Crippen LogP contribution in [0.2, 0.25) is 0 Å². The minimum Gasteiger partial charge on any atom is -0.389 e. The molecule has 0 fully saturated rings. The molecule has 0 unspecified atom stereocenters. The van der Waals surface area contributed by atoms with Crippen molar-refractivity contribution in [3.63, 3.8) is 0 Å². The molecular weight excluding hydrogens is 267 g/mol. The fourth-order valence-corrected chi connectivity index (χ4v) is 2.52. The molecule has 0 saturated carbocycles. The summed E-state index contributed by atoms with van der Waals surface area (Å²) in [7, 11) is 0. The molecule has 0 aliphatic heterocycles. The second-order valence-corrected chi connectivity index (χ2v) is 5.08. The Bertz CT molecular complexity index is 538. The van der Waals surface area contributed by atoms with Crippen LogP contribution in [0.25, 0.3) is 0 Å². The van der Waals surface area contributed by atoms with Crippen molar-refractivity contribution in [2.75, 3.05) is 11.9 Å². The highest BCUT2D eigenvalue weighted by Crippen LogP contribution is 2.17. The van der Waals surface area contributed by atoms with E-state index < -0.39 is 0 Å². The van der Waals surface area contributed by atoms with Crippen LogP contribution in [0.4, 0.5) is 10.1 Å². The van der Waals surface area contributed by atoms with Gasteiger partial charge in [-0.15, -0.1) is 0 Å². The molecule has 5 heteroatoms. The van der Waals surface area contributed by atoms with Gasteiger partial charge in [-0.25, -0.2) is 4.39 Å². The molecule has 18 heavy (non-hydrogen) atoms. The predicted molar refractivity (Wildman–Crippen MR) is 78.8 cm³/mol. The Kier molecular flexibility index (Phi) is 4.28. The van der Waals surface area contributed by atoms with E-state index in [-0.39, 0.29) is 10.8 Å². The first kappa shape index (κ1) is 13.0. The molecule has 0 spiro atoms. The predicted octanol–water partition coefficient (Wildman–Crippen LogP) is 3.18. The third-order valence-electron chi connectivity index (χ3n) is 2.56. The lowest BCUT2D eigenvalue weighted by molar-refractivity contribution is 0.627. The summed E-state index contributed by atoms with van der Waals surface area (Å²) >= 11 is 6.59. The summed E-state index contributed by atoms with van der Waals surface area (Å²) < 4.78 is 13.1. The number of thiocarbonyl (C=S) groups is 1. The number of rotatable bonds is 5. The first-order valence-electron chi connectivity index (χ1n) is 5.51. The van der Waals surface area contributed by atoms with Gasteiger partial charge in [-0.3, -0.25) is 0 Å².